The number of anilines is 1. The molecule has 1 aromatic rings. The fourth-order valence-corrected chi connectivity index (χ4v) is 2.21. The number of nitrogen functional groups attached to an aromatic ring is 1. The summed E-state index contributed by atoms with van der Waals surface area (Å²) in [5.74, 6) is 0. The van der Waals surface area contributed by atoms with Crippen molar-refractivity contribution < 1.29 is 0 Å². The standard InChI is InChI=1S/C13H20N2/c1-2-13(5-6-13)8-10-3-4-12(15)11(7-10)9-14/h3-4,7H,2,5-6,8-9,14-15H2,1H3. The molecule has 0 saturated heterocycles. The Hall–Kier alpha value is -1.02. The number of rotatable bonds is 4. The number of hydrogen-bond donors (Lipinski definition) is 2. The van der Waals surface area contributed by atoms with Crippen molar-refractivity contribution in [2.75, 3.05) is 5.73 Å². The zero-order valence-electron chi connectivity index (χ0n) is 9.42. The predicted octanol–water partition coefficient (Wildman–Crippen LogP) is 2.46. The van der Waals surface area contributed by atoms with Gasteiger partial charge in [-0.05, 0) is 41.9 Å². The Bertz CT molecular complexity index is 354. The summed E-state index contributed by atoms with van der Waals surface area (Å²) in [5.41, 5.74) is 15.4. The third kappa shape index (κ3) is 2.15. The molecule has 1 saturated carbocycles. The minimum Gasteiger partial charge on any atom is -0.398 e. The molecule has 1 aromatic carbocycles. The first-order chi connectivity index (χ1) is 7.19. The summed E-state index contributed by atoms with van der Waals surface area (Å²) < 4.78 is 0. The Kier molecular flexibility index (Phi) is 2.70. The van der Waals surface area contributed by atoms with Crippen LogP contribution in [0.3, 0.4) is 0 Å². The largest absolute Gasteiger partial charge is 0.398 e. The summed E-state index contributed by atoms with van der Waals surface area (Å²) >= 11 is 0. The Balaban J connectivity index is 2.15. The van der Waals surface area contributed by atoms with Gasteiger partial charge in [0, 0.05) is 12.2 Å². The van der Waals surface area contributed by atoms with Gasteiger partial charge in [0.15, 0.2) is 0 Å². The first-order valence-corrected chi connectivity index (χ1v) is 5.76. The molecule has 2 rings (SSSR count). The molecular weight excluding hydrogens is 184 g/mol. The average Bonchev–Trinajstić information content (AvgIpc) is 3.02. The van der Waals surface area contributed by atoms with Gasteiger partial charge in [-0.2, -0.15) is 0 Å². The Morgan fingerprint density at radius 1 is 1.33 bits per heavy atom. The normalized spacial score (nSPS) is 17.7. The van der Waals surface area contributed by atoms with Gasteiger partial charge in [-0.15, -0.1) is 0 Å². The second-order valence-electron chi connectivity index (χ2n) is 4.77. The van der Waals surface area contributed by atoms with Crippen molar-refractivity contribution in [1.29, 1.82) is 0 Å². The molecule has 0 amide bonds. The van der Waals surface area contributed by atoms with Gasteiger partial charge < -0.3 is 11.5 Å². The highest BCUT2D eigenvalue weighted by atomic mass is 14.6. The second-order valence-corrected chi connectivity index (χ2v) is 4.77. The van der Waals surface area contributed by atoms with Crippen LogP contribution in [-0.4, -0.2) is 0 Å². The lowest BCUT2D eigenvalue weighted by atomic mass is 9.93. The van der Waals surface area contributed by atoms with Crippen LogP contribution in [0.5, 0.6) is 0 Å². The van der Waals surface area contributed by atoms with Gasteiger partial charge >= 0.3 is 0 Å². The van der Waals surface area contributed by atoms with Crippen molar-refractivity contribution in [3.05, 3.63) is 29.3 Å². The molecule has 0 bridgehead atoms. The number of hydrogen-bond acceptors (Lipinski definition) is 2. The summed E-state index contributed by atoms with van der Waals surface area (Å²) in [5, 5.41) is 0. The maximum Gasteiger partial charge on any atom is 0.0359 e. The van der Waals surface area contributed by atoms with E-state index in [1.807, 2.05) is 6.07 Å². The van der Waals surface area contributed by atoms with E-state index in [0.29, 0.717) is 12.0 Å². The topological polar surface area (TPSA) is 52.0 Å². The molecule has 4 N–H and O–H groups in total. The lowest BCUT2D eigenvalue weighted by molar-refractivity contribution is 0.488. The number of nitrogens with two attached hydrogens (primary N) is 2. The summed E-state index contributed by atoms with van der Waals surface area (Å²) in [6.45, 7) is 2.83. The molecule has 0 atom stereocenters. The molecule has 2 nitrogen and oxygen atoms in total. The lowest BCUT2D eigenvalue weighted by Crippen LogP contribution is -2.06. The van der Waals surface area contributed by atoms with Crippen LogP contribution in [0.15, 0.2) is 18.2 Å². The molecule has 0 radical (unpaired) electrons. The summed E-state index contributed by atoms with van der Waals surface area (Å²) in [4.78, 5) is 0. The van der Waals surface area contributed by atoms with Crippen molar-refractivity contribution in [3.8, 4) is 0 Å². The molecule has 0 aliphatic heterocycles. The molecule has 2 heteroatoms. The molecule has 0 heterocycles. The molecule has 0 spiro atoms. The van der Waals surface area contributed by atoms with Gasteiger partial charge in [0.25, 0.3) is 0 Å². The summed E-state index contributed by atoms with van der Waals surface area (Å²) in [6, 6.07) is 6.30. The summed E-state index contributed by atoms with van der Waals surface area (Å²) in [6.07, 6.45) is 5.24. The van der Waals surface area contributed by atoms with E-state index in [1.54, 1.807) is 0 Å². The zero-order valence-corrected chi connectivity index (χ0v) is 9.42. The van der Waals surface area contributed by atoms with Gasteiger partial charge in [0.05, 0.1) is 0 Å². The third-order valence-corrected chi connectivity index (χ3v) is 3.71. The Morgan fingerprint density at radius 2 is 2.07 bits per heavy atom. The van der Waals surface area contributed by atoms with E-state index in [1.165, 1.54) is 31.2 Å². The van der Waals surface area contributed by atoms with Gasteiger partial charge in [-0.1, -0.05) is 25.5 Å². The van der Waals surface area contributed by atoms with Crippen LogP contribution in [0, 0.1) is 5.41 Å². The van der Waals surface area contributed by atoms with E-state index in [9.17, 15) is 0 Å². The van der Waals surface area contributed by atoms with Gasteiger partial charge in [0.1, 0.15) is 0 Å². The van der Waals surface area contributed by atoms with Crippen molar-refractivity contribution in [3.63, 3.8) is 0 Å². The van der Waals surface area contributed by atoms with E-state index in [4.69, 9.17) is 11.5 Å². The van der Waals surface area contributed by atoms with E-state index in [0.717, 1.165) is 11.3 Å². The maximum atomic E-state index is 5.83. The molecule has 1 aliphatic rings. The van der Waals surface area contributed by atoms with E-state index in [-0.39, 0.29) is 0 Å². The number of benzene rings is 1. The van der Waals surface area contributed by atoms with Crippen LogP contribution in [0.4, 0.5) is 5.69 Å². The van der Waals surface area contributed by atoms with Crippen LogP contribution in [-0.2, 0) is 13.0 Å². The van der Waals surface area contributed by atoms with Crippen LogP contribution in [0.2, 0.25) is 0 Å². The van der Waals surface area contributed by atoms with Crippen LogP contribution < -0.4 is 11.5 Å². The second kappa shape index (κ2) is 3.86. The van der Waals surface area contributed by atoms with Gasteiger partial charge in [0.2, 0.25) is 0 Å². The molecule has 1 aliphatic carbocycles. The highest BCUT2D eigenvalue weighted by Gasteiger charge is 2.40. The first kappa shape index (κ1) is 10.5. The van der Waals surface area contributed by atoms with Crippen molar-refractivity contribution in [2.45, 2.75) is 39.2 Å². The quantitative estimate of drug-likeness (QED) is 0.740. The monoisotopic (exact) mass is 204 g/mol. The Labute approximate surface area is 91.7 Å². The molecule has 1 fully saturated rings. The van der Waals surface area contributed by atoms with E-state index >= 15 is 0 Å². The van der Waals surface area contributed by atoms with Gasteiger partial charge in [-0.25, -0.2) is 0 Å². The van der Waals surface area contributed by atoms with Crippen molar-refractivity contribution in [2.24, 2.45) is 11.1 Å². The minimum atomic E-state index is 0.540. The maximum absolute atomic E-state index is 5.83. The van der Waals surface area contributed by atoms with Crippen molar-refractivity contribution >= 4 is 5.69 Å². The highest BCUT2D eigenvalue weighted by Crippen LogP contribution is 2.51. The average molecular weight is 204 g/mol. The Morgan fingerprint density at radius 3 is 2.60 bits per heavy atom. The molecule has 82 valence electrons. The molecule has 0 aromatic heterocycles. The third-order valence-electron chi connectivity index (χ3n) is 3.71. The lowest BCUT2D eigenvalue weighted by Gasteiger charge is -2.13. The van der Waals surface area contributed by atoms with E-state index in [2.05, 4.69) is 19.1 Å². The fourth-order valence-electron chi connectivity index (χ4n) is 2.21. The fraction of sp³-hybridized carbons (Fsp3) is 0.538. The van der Waals surface area contributed by atoms with Crippen LogP contribution in [0.25, 0.3) is 0 Å². The zero-order chi connectivity index (χ0) is 10.9. The minimum absolute atomic E-state index is 0.540. The predicted molar refractivity (Wildman–Crippen MR) is 64.4 cm³/mol. The van der Waals surface area contributed by atoms with Crippen LogP contribution >= 0.6 is 0 Å². The molecular formula is C13H20N2. The SMILES string of the molecule is CCC1(Cc2ccc(N)c(CN)c2)CC1. The van der Waals surface area contributed by atoms with E-state index < -0.39 is 0 Å². The van der Waals surface area contributed by atoms with Crippen molar-refractivity contribution in [1.82, 2.24) is 0 Å². The smallest absolute Gasteiger partial charge is 0.0359 e. The molecule has 0 unspecified atom stereocenters. The summed E-state index contributed by atoms with van der Waals surface area (Å²) in [7, 11) is 0. The van der Waals surface area contributed by atoms with Gasteiger partial charge in [-0.3, -0.25) is 0 Å². The first-order valence-electron chi connectivity index (χ1n) is 5.76. The van der Waals surface area contributed by atoms with Crippen LogP contribution in [0.1, 0.15) is 37.3 Å². The molecule has 15 heavy (non-hydrogen) atoms. The highest BCUT2D eigenvalue weighted by molar-refractivity contribution is 5.48.